The molecule has 1 aliphatic heterocycles. The Morgan fingerprint density at radius 3 is 2.70 bits per heavy atom. The van der Waals surface area contributed by atoms with Gasteiger partial charge in [-0.25, -0.2) is 9.78 Å². The third-order valence-electron chi connectivity index (χ3n) is 6.34. The highest BCUT2D eigenvalue weighted by Crippen LogP contribution is 2.36. The van der Waals surface area contributed by atoms with Crippen molar-refractivity contribution in [1.82, 2.24) is 14.5 Å². The number of amides is 1. The fourth-order valence-corrected chi connectivity index (χ4v) is 4.32. The molecule has 1 aromatic carbocycles. The van der Waals surface area contributed by atoms with Crippen LogP contribution >= 0.6 is 0 Å². The van der Waals surface area contributed by atoms with Gasteiger partial charge < -0.3 is 9.64 Å². The van der Waals surface area contributed by atoms with Crippen LogP contribution in [0.1, 0.15) is 55.2 Å². The number of aromatic nitrogens is 2. The first-order chi connectivity index (χ1) is 15.6. The number of fused-ring (bicyclic) bond motifs is 2. The van der Waals surface area contributed by atoms with Gasteiger partial charge in [0.15, 0.2) is 6.61 Å². The van der Waals surface area contributed by atoms with E-state index < -0.39 is 37.2 Å². The van der Waals surface area contributed by atoms with Crippen molar-refractivity contribution < 1.29 is 27.5 Å². The number of nitrogens with zero attached hydrogens (tertiary/aromatic N) is 3. The fourth-order valence-electron chi connectivity index (χ4n) is 4.32. The van der Waals surface area contributed by atoms with Crippen LogP contribution in [0, 0.1) is 5.92 Å². The maximum absolute atomic E-state index is 13.0. The molecule has 178 valence electrons. The first kappa shape index (κ1) is 23.3. The predicted molar refractivity (Wildman–Crippen MR) is 114 cm³/mol. The average Bonchev–Trinajstić information content (AvgIpc) is 3.61. The Morgan fingerprint density at radius 2 is 2.00 bits per heavy atom. The smallest absolute Gasteiger partial charge is 0.406 e. The molecule has 1 saturated carbocycles. The zero-order chi connectivity index (χ0) is 23.8. The van der Waals surface area contributed by atoms with Gasteiger partial charge in [0, 0.05) is 19.0 Å². The number of aryl methyl sites for hydroxylation is 1. The monoisotopic (exact) mass is 465 g/mol. The summed E-state index contributed by atoms with van der Waals surface area (Å²) in [6.45, 7) is 0.0244. The second-order valence-electron chi connectivity index (χ2n) is 8.82. The van der Waals surface area contributed by atoms with Gasteiger partial charge in [-0.15, -0.1) is 0 Å². The maximum Gasteiger partial charge on any atom is 0.406 e. The second-order valence-corrected chi connectivity index (χ2v) is 8.82. The van der Waals surface area contributed by atoms with Crippen LogP contribution < -0.4 is 5.56 Å². The standard InChI is InChI=1S/C23H26F3N3O4/c1-14(15-6-7-15)29(13-23(24,25)26)20(30)12-33-22(32)16-8-9-17-18(11-16)27-19-5-3-2-4-10-28(19)21(17)31/h8-9,11,14-15H,2-7,10,12-13H2,1H3/t14-/m1/s1. The van der Waals surface area contributed by atoms with E-state index in [9.17, 15) is 27.6 Å². The summed E-state index contributed by atoms with van der Waals surface area (Å²) in [5.41, 5.74) is 0.275. The number of rotatable bonds is 6. The number of carbonyl (C=O) groups excluding carboxylic acids is 2. The van der Waals surface area contributed by atoms with Gasteiger partial charge >= 0.3 is 12.1 Å². The van der Waals surface area contributed by atoms with E-state index in [1.165, 1.54) is 18.2 Å². The number of alkyl halides is 3. The predicted octanol–water partition coefficient (Wildman–Crippen LogP) is 3.47. The number of benzene rings is 1. The summed E-state index contributed by atoms with van der Waals surface area (Å²) < 4.78 is 45.6. The quantitative estimate of drug-likeness (QED) is 0.611. The summed E-state index contributed by atoms with van der Waals surface area (Å²) in [5, 5.41) is 0.378. The molecule has 1 fully saturated rings. The molecule has 0 N–H and O–H groups in total. The van der Waals surface area contributed by atoms with Crippen molar-refractivity contribution in [2.45, 2.75) is 64.2 Å². The van der Waals surface area contributed by atoms with Gasteiger partial charge in [0.25, 0.3) is 11.5 Å². The minimum absolute atomic E-state index is 0.0350. The highest BCUT2D eigenvalue weighted by Gasteiger charge is 2.40. The van der Waals surface area contributed by atoms with E-state index >= 15 is 0 Å². The molecule has 10 heteroatoms. The van der Waals surface area contributed by atoms with Crippen molar-refractivity contribution in [3.63, 3.8) is 0 Å². The van der Waals surface area contributed by atoms with E-state index in [0.29, 0.717) is 29.7 Å². The lowest BCUT2D eigenvalue weighted by molar-refractivity contribution is -0.167. The van der Waals surface area contributed by atoms with Crippen LogP contribution in [0.3, 0.4) is 0 Å². The SMILES string of the molecule is C[C@H](C1CC1)N(CC(F)(F)F)C(=O)COC(=O)c1ccc2c(=O)n3c(nc2c1)CCCCC3. The maximum atomic E-state index is 13.0. The first-order valence-electron chi connectivity index (χ1n) is 11.2. The summed E-state index contributed by atoms with van der Waals surface area (Å²) >= 11 is 0. The van der Waals surface area contributed by atoms with E-state index in [-0.39, 0.29) is 17.0 Å². The Bertz CT molecular complexity index is 1120. The van der Waals surface area contributed by atoms with Gasteiger partial charge in [-0.3, -0.25) is 14.2 Å². The third-order valence-corrected chi connectivity index (χ3v) is 6.34. The van der Waals surface area contributed by atoms with E-state index in [2.05, 4.69) is 4.98 Å². The number of hydrogen-bond acceptors (Lipinski definition) is 5. The lowest BCUT2D eigenvalue weighted by atomic mass is 10.1. The number of halogens is 3. The molecule has 1 atom stereocenters. The van der Waals surface area contributed by atoms with Crippen molar-refractivity contribution in [3.8, 4) is 0 Å². The van der Waals surface area contributed by atoms with Crippen molar-refractivity contribution in [3.05, 3.63) is 39.9 Å². The topological polar surface area (TPSA) is 81.5 Å². The lowest BCUT2D eigenvalue weighted by Gasteiger charge is -2.30. The van der Waals surface area contributed by atoms with Crippen molar-refractivity contribution in [2.24, 2.45) is 5.92 Å². The first-order valence-corrected chi connectivity index (χ1v) is 11.2. The minimum atomic E-state index is -4.54. The highest BCUT2D eigenvalue weighted by atomic mass is 19.4. The molecular formula is C23H26F3N3O4. The van der Waals surface area contributed by atoms with Gasteiger partial charge in [-0.2, -0.15) is 13.2 Å². The van der Waals surface area contributed by atoms with Gasteiger partial charge in [-0.05, 0) is 56.7 Å². The van der Waals surface area contributed by atoms with Gasteiger partial charge in [0.1, 0.15) is 12.4 Å². The molecule has 1 aromatic heterocycles. The number of esters is 1. The summed E-state index contributed by atoms with van der Waals surface area (Å²) in [5.74, 6) is -1.04. The molecule has 33 heavy (non-hydrogen) atoms. The van der Waals surface area contributed by atoms with Crippen LogP contribution in [0.5, 0.6) is 0 Å². The van der Waals surface area contributed by atoms with Crippen LogP contribution in [-0.4, -0.2) is 51.7 Å². The Kier molecular flexibility index (Phi) is 6.45. The molecule has 2 aliphatic rings. The van der Waals surface area contributed by atoms with Gasteiger partial charge in [-0.1, -0.05) is 6.42 Å². The molecule has 1 aliphatic carbocycles. The average molecular weight is 465 g/mol. The molecule has 0 radical (unpaired) electrons. The van der Waals surface area contributed by atoms with Crippen LogP contribution in [0.25, 0.3) is 10.9 Å². The van der Waals surface area contributed by atoms with Crippen LogP contribution in [0.4, 0.5) is 13.2 Å². The van der Waals surface area contributed by atoms with E-state index in [4.69, 9.17) is 4.74 Å². The second kappa shape index (κ2) is 9.15. The zero-order valence-corrected chi connectivity index (χ0v) is 18.4. The molecule has 0 unspecified atom stereocenters. The Labute approximate surface area is 188 Å². The molecule has 0 bridgehead atoms. The van der Waals surface area contributed by atoms with Crippen molar-refractivity contribution in [2.75, 3.05) is 13.2 Å². The van der Waals surface area contributed by atoms with Gasteiger partial charge in [0.2, 0.25) is 0 Å². The third kappa shape index (κ3) is 5.36. The normalized spacial score (nSPS) is 17.2. The highest BCUT2D eigenvalue weighted by molar-refractivity contribution is 5.95. The molecule has 4 rings (SSSR count). The Balaban J connectivity index is 1.49. The molecule has 0 spiro atoms. The molecule has 2 aromatic rings. The van der Waals surface area contributed by atoms with Crippen molar-refractivity contribution in [1.29, 1.82) is 0 Å². The van der Waals surface area contributed by atoms with E-state index in [1.807, 2.05) is 0 Å². The fraction of sp³-hybridized carbons (Fsp3) is 0.565. The van der Waals surface area contributed by atoms with E-state index in [0.717, 1.165) is 37.0 Å². The Morgan fingerprint density at radius 1 is 1.24 bits per heavy atom. The number of ether oxygens (including phenoxy) is 1. The molecule has 2 heterocycles. The number of carbonyl (C=O) groups is 2. The minimum Gasteiger partial charge on any atom is -0.452 e. The Hall–Kier alpha value is -2.91. The number of hydrogen-bond donors (Lipinski definition) is 0. The summed E-state index contributed by atoms with van der Waals surface area (Å²) in [4.78, 5) is 43.1. The molecule has 7 nitrogen and oxygen atoms in total. The molecule has 0 saturated heterocycles. The summed E-state index contributed by atoms with van der Waals surface area (Å²) in [7, 11) is 0. The molecule has 1 amide bonds. The largest absolute Gasteiger partial charge is 0.452 e. The van der Waals surface area contributed by atoms with Gasteiger partial charge in [0.05, 0.1) is 16.5 Å². The lowest BCUT2D eigenvalue weighted by Crippen LogP contribution is -2.47. The summed E-state index contributed by atoms with van der Waals surface area (Å²) in [6, 6.07) is 3.75. The van der Waals surface area contributed by atoms with E-state index in [1.54, 1.807) is 11.5 Å². The summed E-state index contributed by atoms with van der Waals surface area (Å²) in [6.07, 6.45) is 0.516. The zero-order valence-electron chi connectivity index (χ0n) is 18.4. The van der Waals surface area contributed by atoms with Crippen LogP contribution in [-0.2, 0) is 22.5 Å². The van der Waals surface area contributed by atoms with Crippen LogP contribution in [0.2, 0.25) is 0 Å². The van der Waals surface area contributed by atoms with Crippen LogP contribution in [0.15, 0.2) is 23.0 Å². The molecular weight excluding hydrogens is 439 g/mol. The van der Waals surface area contributed by atoms with Crippen molar-refractivity contribution >= 4 is 22.8 Å².